The van der Waals surface area contributed by atoms with E-state index in [1.165, 1.54) is 57.8 Å². The molecule has 0 aliphatic rings. The zero-order chi connectivity index (χ0) is 12.1. The predicted molar refractivity (Wildman–Crippen MR) is 71.2 cm³/mol. The molecule has 0 unspecified atom stereocenters. The van der Waals surface area contributed by atoms with Crippen molar-refractivity contribution >= 4 is 5.90 Å². The summed E-state index contributed by atoms with van der Waals surface area (Å²) < 4.78 is 4.82. The molecular weight excluding hydrogens is 198 g/mol. The lowest BCUT2D eigenvalue weighted by Crippen LogP contribution is -1.97. The van der Waals surface area contributed by atoms with E-state index in [4.69, 9.17) is 10.1 Å². The van der Waals surface area contributed by atoms with Crippen molar-refractivity contribution in [3.8, 4) is 0 Å². The number of nitrogens with one attached hydrogen (secondary N) is 1. The average Bonchev–Trinajstić information content (AvgIpc) is 2.31. The summed E-state index contributed by atoms with van der Waals surface area (Å²) in [5.74, 6) is 0.430. The Bertz CT molecular complexity index is 157. The van der Waals surface area contributed by atoms with E-state index in [0.29, 0.717) is 5.90 Å². The van der Waals surface area contributed by atoms with E-state index in [1.807, 2.05) is 0 Å². The SMILES string of the molecule is CCCCCCCCCCCCC(=N)OC. The molecule has 0 amide bonds. The van der Waals surface area contributed by atoms with Gasteiger partial charge < -0.3 is 4.74 Å². The van der Waals surface area contributed by atoms with Gasteiger partial charge in [0.25, 0.3) is 0 Å². The maximum atomic E-state index is 7.33. The highest BCUT2D eigenvalue weighted by Gasteiger charge is 1.95. The predicted octanol–water partition coefficient (Wildman–Crippen LogP) is 4.92. The van der Waals surface area contributed by atoms with Gasteiger partial charge in [-0.2, -0.15) is 0 Å². The minimum absolute atomic E-state index is 0.430. The molecule has 0 heterocycles. The first-order valence-electron chi connectivity index (χ1n) is 6.92. The maximum Gasteiger partial charge on any atom is 0.180 e. The molecule has 0 aliphatic heterocycles. The third kappa shape index (κ3) is 11.5. The quantitative estimate of drug-likeness (QED) is 0.303. The molecule has 0 radical (unpaired) electrons. The minimum atomic E-state index is 0.430. The van der Waals surface area contributed by atoms with Gasteiger partial charge in [-0.1, -0.05) is 64.7 Å². The standard InChI is InChI=1S/C14H29NO/c1-3-4-5-6-7-8-9-10-11-12-13-14(15)16-2/h15H,3-13H2,1-2H3. The van der Waals surface area contributed by atoms with Crippen LogP contribution in [-0.2, 0) is 4.74 Å². The van der Waals surface area contributed by atoms with Crippen LogP contribution in [0.4, 0.5) is 0 Å². The van der Waals surface area contributed by atoms with Crippen LogP contribution in [0, 0.1) is 5.41 Å². The highest BCUT2D eigenvalue weighted by molar-refractivity contribution is 5.72. The summed E-state index contributed by atoms with van der Waals surface area (Å²) in [7, 11) is 1.58. The van der Waals surface area contributed by atoms with Gasteiger partial charge in [0, 0.05) is 6.42 Å². The second-order valence-corrected chi connectivity index (χ2v) is 4.56. The lowest BCUT2D eigenvalue weighted by molar-refractivity contribution is 0.382. The Morgan fingerprint density at radius 2 is 1.25 bits per heavy atom. The van der Waals surface area contributed by atoms with E-state index in [2.05, 4.69) is 6.92 Å². The van der Waals surface area contributed by atoms with Gasteiger partial charge in [0.05, 0.1) is 7.11 Å². The van der Waals surface area contributed by atoms with Crippen LogP contribution in [0.2, 0.25) is 0 Å². The van der Waals surface area contributed by atoms with Gasteiger partial charge in [-0.15, -0.1) is 0 Å². The average molecular weight is 227 g/mol. The first kappa shape index (κ1) is 15.5. The molecule has 2 heteroatoms. The lowest BCUT2D eigenvalue weighted by atomic mass is 10.1. The van der Waals surface area contributed by atoms with E-state index in [9.17, 15) is 0 Å². The number of ether oxygens (including phenoxy) is 1. The molecule has 0 aromatic heterocycles. The number of hydrogen-bond acceptors (Lipinski definition) is 2. The van der Waals surface area contributed by atoms with Crippen LogP contribution >= 0.6 is 0 Å². The van der Waals surface area contributed by atoms with Crippen molar-refractivity contribution in [2.45, 2.75) is 77.6 Å². The van der Waals surface area contributed by atoms with Crippen LogP contribution in [0.1, 0.15) is 77.6 Å². The maximum absolute atomic E-state index is 7.33. The zero-order valence-corrected chi connectivity index (χ0v) is 11.2. The van der Waals surface area contributed by atoms with E-state index >= 15 is 0 Å². The fraction of sp³-hybridized carbons (Fsp3) is 0.929. The Kier molecular flexibility index (Phi) is 12.1. The fourth-order valence-corrected chi connectivity index (χ4v) is 1.88. The van der Waals surface area contributed by atoms with Crippen LogP contribution < -0.4 is 0 Å². The summed E-state index contributed by atoms with van der Waals surface area (Å²) in [5.41, 5.74) is 0. The third-order valence-electron chi connectivity index (χ3n) is 3.00. The van der Waals surface area contributed by atoms with Crippen molar-refractivity contribution in [2.75, 3.05) is 7.11 Å². The fourth-order valence-electron chi connectivity index (χ4n) is 1.88. The Labute approximate surface area is 101 Å². The van der Waals surface area contributed by atoms with E-state index in [1.54, 1.807) is 7.11 Å². The summed E-state index contributed by atoms with van der Waals surface area (Å²) in [6.07, 6.45) is 14.3. The number of unbranched alkanes of at least 4 members (excludes halogenated alkanes) is 9. The molecule has 0 fully saturated rings. The number of hydrogen-bond donors (Lipinski definition) is 1. The molecule has 1 N–H and O–H groups in total. The minimum Gasteiger partial charge on any atom is -0.484 e. The molecule has 0 aromatic rings. The van der Waals surface area contributed by atoms with Crippen LogP contribution in [0.5, 0.6) is 0 Å². The van der Waals surface area contributed by atoms with Gasteiger partial charge in [-0.25, -0.2) is 0 Å². The molecule has 0 aliphatic carbocycles. The van der Waals surface area contributed by atoms with Crippen molar-refractivity contribution in [3.05, 3.63) is 0 Å². The molecule has 96 valence electrons. The van der Waals surface area contributed by atoms with Gasteiger partial charge in [-0.05, 0) is 6.42 Å². The summed E-state index contributed by atoms with van der Waals surface area (Å²) in [4.78, 5) is 0. The van der Waals surface area contributed by atoms with Gasteiger partial charge in [0.1, 0.15) is 0 Å². The van der Waals surface area contributed by atoms with Gasteiger partial charge in [-0.3, -0.25) is 5.41 Å². The first-order chi connectivity index (χ1) is 7.81. The molecule has 0 rings (SSSR count). The zero-order valence-electron chi connectivity index (χ0n) is 11.2. The number of methoxy groups -OCH3 is 1. The second kappa shape index (κ2) is 12.5. The molecule has 0 atom stereocenters. The molecular formula is C14H29NO. The summed E-state index contributed by atoms with van der Waals surface area (Å²) in [5, 5.41) is 7.33. The Balaban J connectivity index is 2.96. The summed E-state index contributed by atoms with van der Waals surface area (Å²) in [6, 6.07) is 0. The summed E-state index contributed by atoms with van der Waals surface area (Å²) >= 11 is 0. The highest BCUT2D eigenvalue weighted by Crippen LogP contribution is 2.11. The third-order valence-corrected chi connectivity index (χ3v) is 3.00. The van der Waals surface area contributed by atoms with Crippen molar-refractivity contribution < 1.29 is 4.74 Å². The highest BCUT2D eigenvalue weighted by atomic mass is 16.5. The van der Waals surface area contributed by atoms with Crippen molar-refractivity contribution in [3.63, 3.8) is 0 Å². The normalized spacial score (nSPS) is 10.4. The molecule has 0 saturated carbocycles. The Hall–Kier alpha value is -0.530. The topological polar surface area (TPSA) is 33.1 Å². The van der Waals surface area contributed by atoms with Crippen molar-refractivity contribution in [2.24, 2.45) is 0 Å². The second-order valence-electron chi connectivity index (χ2n) is 4.56. The van der Waals surface area contributed by atoms with Crippen LogP contribution in [0.15, 0.2) is 0 Å². The van der Waals surface area contributed by atoms with Crippen molar-refractivity contribution in [1.29, 1.82) is 5.41 Å². The molecule has 0 spiro atoms. The van der Waals surface area contributed by atoms with E-state index < -0.39 is 0 Å². The monoisotopic (exact) mass is 227 g/mol. The van der Waals surface area contributed by atoms with Crippen molar-refractivity contribution in [1.82, 2.24) is 0 Å². The van der Waals surface area contributed by atoms with Gasteiger partial charge in [0.15, 0.2) is 5.90 Å². The Morgan fingerprint density at radius 1 is 0.812 bits per heavy atom. The molecule has 0 bridgehead atoms. The van der Waals surface area contributed by atoms with Crippen LogP contribution in [0.3, 0.4) is 0 Å². The Morgan fingerprint density at radius 3 is 1.69 bits per heavy atom. The smallest absolute Gasteiger partial charge is 0.180 e. The largest absolute Gasteiger partial charge is 0.484 e. The van der Waals surface area contributed by atoms with Gasteiger partial charge >= 0.3 is 0 Å². The summed E-state index contributed by atoms with van der Waals surface area (Å²) in [6.45, 7) is 2.26. The molecule has 0 aromatic carbocycles. The van der Waals surface area contributed by atoms with Crippen LogP contribution in [-0.4, -0.2) is 13.0 Å². The first-order valence-corrected chi connectivity index (χ1v) is 6.92. The molecule has 0 saturated heterocycles. The van der Waals surface area contributed by atoms with Gasteiger partial charge in [0.2, 0.25) is 0 Å². The molecule has 2 nitrogen and oxygen atoms in total. The molecule has 16 heavy (non-hydrogen) atoms. The number of rotatable bonds is 11. The van der Waals surface area contributed by atoms with E-state index in [0.717, 1.165) is 12.8 Å². The van der Waals surface area contributed by atoms with Crippen LogP contribution in [0.25, 0.3) is 0 Å². The lowest BCUT2D eigenvalue weighted by Gasteiger charge is -2.03. The van der Waals surface area contributed by atoms with E-state index in [-0.39, 0.29) is 0 Å².